The van der Waals surface area contributed by atoms with Crippen molar-refractivity contribution in [2.45, 2.75) is 0 Å². The summed E-state index contributed by atoms with van der Waals surface area (Å²) in [5.41, 5.74) is 0.578. The summed E-state index contributed by atoms with van der Waals surface area (Å²) in [6.07, 6.45) is 1.61. The predicted molar refractivity (Wildman–Crippen MR) is 64.7 cm³/mol. The van der Waals surface area contributed by atoms with Crippen LogP contribution in [-0.4, -0.2) is 64.0 Å². The molecular formula is C10H15BrN4O. The molecule has 1 aliphatic heterocycles. The van der Waals surface area contributed by atoms with Gasteiger partial charge >= 0.3 is 0 Å². The molecule has 0 aromatic carbocycles. The van der Waals surface area contributed by atoms with Gasteiger partial charge in [0.25, 0.3) is 5.91 Å². The van der Waals surface area contributed by atoms with E-state index in [1.165, 1.54) is 0 Å². The van der Waals surface area contributed by atoms with Crippen molar-refractivity contribution in [1.29, 1.82) is 0 Å². The molecule has 1 saturated heterocycles. The third kappa shape index (κ3) is 2.62. The highest BCUT2D eigenvalue weighted by atomic mass is 79.9. The molecule has 1 aliphatic rings. The van der Waals surface area contributed by atoms with Gasteiger partial charge in [-0.3, -0.25) is 14.8 Å². The Morgan fingerprint density at radius 1 is 1.44 bits per heavy atom. The first-order valence-electron chi connectivity index (χ1n) is 5.38. The van der Waals surface area contributed by atoms with Crippen LogP contribution in [-0.2, 0) is 0 Å². The molecule has 5 nitrogen and oxygen atoms in total. The molecule has 0 atom stereocenters. The van der Waals surface area contributed by atoms with Crippen molar-refractivity contribution in [1.82, 2.24) is 20.0 Å². The Morgan fingerprint density at radius 2 is 2.19 bits per heavy atom. The van der Waals surface area contributed by atoms with Crippen molar-refractivity contribution in [3.8, 4) is 0 Å². The van der Waals surface area contributed by atoms with Crippen LogP contribution < -0.4 is 0 Å². The molecule has 1 fully saturated rings. The van der Waals surface area contributed by atoms with E-state index in [1.807, 2.05) is 4.90 Å². The zero-order valence-electron chi connectivity index (χ0n) is 9.03. The van der Waals surface area contributed by atoms with Gasteiger partial charge in [-0.15, -0.1) is 0 Å². The topological polar surface area (TPSA) is 52.2 Å². The van der Waals surface area contributed by atoms with Crippen molar-refractivity contribution in [2.75, 3.05) is 38.1 Å². The molecule has 16 heavy (non-hydrogen) atoms. The maximum atomic E-state index is 12.0. The van der Waals surface area contributed by atoms with Crippen LogP contribution >= 0.6 is 15.9 Å². The fourth-order valence-corrected chi connectivity index (χ4v) is 2.34. The van der Waals surface area contributed by atoms with Crippen molar-refractivity contribution in [2.24, 2.45) is 0 Å². The fraction of sp³-hybridized carbons (Fsp3) is 0.600. The van der Waals surface area contributed by atoms with Gasteiger partial charge in [-0.05, 0) is 6.07 Å². The van der Waals surface area contributed by atoms with Gasteiger partial charge < -0.3 is 4.90 Å². The summed E-state index contributed by atoms with van der Waals surface area (Å²) in [6.45, 7) is 4.54. The molecule has 0 unspecified atom stereocenters. The highest BCUT2D eigenvalue weighted by Gasteiger charge is 2.22. The van der Waals surface area contributed by atoms with Crippen molar-refractivity contribution >= 4 is 21.8 Å². The van der Waals surface area contributed by atoms with E-state index in [0.29, 0.717) is 5.69 Å². The Labute approximate surface area is 103 Å². The molecule has 0 bridgehead atoms. The van der Waals surface area contributed by atoms with E-state index >= 15 is 0 Å². The molecule has 6 heteroatoms. The van der Waals surface area contributed by atoms with Gasteiger partial charge in [0.2, 0.25) is 0 Å². The third-order valence-corrected chi connectivity index (χ3v) is 3.15. The molecule has 1 aromatic rings. The van der Waals surface area contributed by atoms with Gasteiger partial charge in [-0.2, -0.15) is 5.10 Å². The lowest BCUT2D eigenvalue weighted by Crippen LogP contribution is -2.49. The average Bonchev–Trinajstić information content (AvgIpc) is 2.83. The number of hydrogen-bond acceptors (Lipinski definition) is 3. The van der Waals surface area contributed by atoms with Crippen molar-refractivity contribution in [3.63, 3.8) is 0 Å². The smallest absolute Gasteiger partial charge is 0.271 e. The zero-order chi connectivity index (χ0) is 11.4. The minimum Gasteiger partial charge on any atom is -0.335 e. The van der Waals surface area contributed by atoms with Gasteiger partial charge in [0.1, 0.15) is 5.69 Å². The van der Waals surface area contributed by atoms with E-state index in [-0.39, 0.29) is 5.91 Å². The Hall–Kier alpha value is -0.880. The second-order valence-electron chi connectivity index (χ2n) is 3.79. The molecule has 1 amide bonds. The number of carbonyl (C=O) groups is 1. The van der Waals surface area contributed by atoms with E-state index < -0.39 is 0 Å². The van der Waals surface area contributed by atoms with E-state index in [4.69, 9.17) is 0 Å². The fourth-order valence-electron chi connectivity index (χ4n) is 1.84. The molecule has 1 N–H and O–H groups in total. The predicted octanol–water partition coefficient (Wildman–Crippen LogP) is 0.562. The quantitative estimate of drug-likeness (QED) is 0.827. The number of nitrogens with one attached hydrogen (secondary N) is 1. The van der Waals surface area contributed by atoms with Crippen LogP contribution in [0.15, 0.2) is 12.3 Å². The van der Waals surface area contributed by atoms with Crippen LogP contribution in [0.3, 0.4) is 0 Å². The van der Waals surface area contributed by atoms with Crippen LogP contribution in [0.1, 0.15) is 10.5 Å². The zero-order valence-corrected chi connectivity index (χ0v) is 10.6. The summed E-state index contributed by atoms with van der Waals surface area (Å²) in [6, 6.07) is 1.72. The molecule has 0 aliphatic carbocycles. The number of hydrogen-bond donors (Lipinski definition) is 1. The van der Waals surface area contributed by atoms with Crippen LogP contribution in [0.2, 0.25) is 0 Å². The lowest BCUT2D eigenvalue weighted by atomic mass is 10.3. The number of rotatable bonds is 3. The SMILES string of the molecule is O=C(c1ccn[nH]1)N1CCN(CCBr)CC1. The number of aromatic nitrogens is 2. The highest BCUT2D eigenvalue weighted by Crippen LogP contribution is 2.06. The Bertz CT molecular complexity index is 333. The molecule has 2 rings (SSSR count). The number of aromatic amines is 1. The highest BCUT2D eigenvalue weighted by molar-refractivity contribution is 9.09. The number of H-pyrrole nitrogens is 1. The van der Waals surface area contributed by atoms with Crippen LogP contribution in [0.4, 0.5) is 0 Å². The molecule has 1 aromatic heterocycles. The van der Waals surface area contributed by atoms with Gasteiger partial charge in [0.15, 0.2) is 0 Å². The molecule has 2 heterocycles. The maximum Gasteiger partial charge on any atom is 0.271 e. The monoisotopic (exact) mass is 286 g/mol. The normalized spacial score (nSPS) is 17.7. The van der Waals surface area contributed by atoms with Crippen LogP contribution in [0.25, 0.3) is 0 Å². The summed E-state index contributed by atoms with van der Waals surface area (Å²) in [4.78, 5) is 16.2. The first-order valence-corrected chi connectivity index (χ1v) is 6.50. The van der Waals surface area contributed by atoms with Gasteiger partial charge in [-0.1, -0.05) is 15.9 Å². The number of carbonyl (C=O) groups excluding carboxylic acids is 1. The molecule has 88 valence electrons. The molecular weight excluding hydrogens is 272 g/mol. The molecule has 0 saturated carbocycles. The standard InChI is InChI=1S/C10H15BrN4O/c11-2-4-14-5-7-15(8-6-14)10(16)9-1-3-12-13-9/h1,3H,2,4-8H2,(H,12,13). The largest absolute Gasteiger partial charge is 0.335 e. The summed E-state index contributed by atoms with van der Waals surface area (Å²) in [5.74, 6) is 0.0518. The number of alkyl halides is 1. The second kappa shape index (κ2) is 5.45. The van der Waals surface area contributed by atoms with E-state index in [0.717, 1.165) is 38.1 Å². The lowest BCUT2D eigenvalue weighted by molar-refractivity contribution is 0.0639. The van der Waals surface area contributed by atoms with Crippen molar-refractivity contribution < 1.29 is 4.79 Å². The van der Waals surface area contributed by atoms with Crippen molar-refractivity contribution in [3.05, 3.63) is 18.0 Å². The van der Waals surface area contributed by atoms with Crippen LogP contribution in [0.5, 0.6) is 0 Å². The Kier molecular flexibility index (Phi) is 3.95. The molecule has 0 spiro atoms. The first-order chi connectivity index (χ1) is 7.81. The summed E-state index contributed by atoms with van der Waals surface area (Å²) in [5, 5.41) is 7.49. The Balaban J connectivity index is 1.87. The first kappa shape index (κ1) is 11.6. The van der Waals surface area contributed by atoms with Gasteiger partial charge in [0.05, 0.1) is 0 Å². The maximum absolute atomic E-state index is 12.0. The number of piperazine rings is 1. The molecule has 0 radical (unpaired) electrons. The summed E-state index contributed by atoms with van der Waals surface area (Å²) < 4.78 is 0. The number of halogens is 1. The second-order valence-corrected chi connectivity index (χ2v) is 4.59. The third-order valence-electron chi connectivity index (χ3n) is 2.79. The van der Waals surface area contributed by atoms with Gasteiger partial charge in [-0.25, -0.2) is 0 Å². The average molecular weight is 287 g/mol. The van der Waals surface area contributed by atoms with E-state index in [2.05, 4.69) is 31.0 Å². The number of nitrogens with zero attached hydrogens (tertiary/aromatic N) is 3. The Morgan fingerprint density at radius 3 is 2.75 bits per heavy atom. The minimum atomic E-state index is 0.0518. The van der Waals surface area contributed by atoms with Gasteiger partial charge in [0, 0.05) is 44.3 Å². The minimum absolute atomic E-state index is 0.0518. The lowest BCUT2D eigenvalue weighted by Gasteiger charge is -2.34. The summed E-state index contributed by atoms with van der Waals surface area (Å²) in [7, 11) is 0. The summed E-state index contributed by atoms with van der Waals surface area (Å²) >= 11 is 3.42. The number of amides is 1. The van der Waals surface area contributed by atoms with E-state index in [1.54, 1.807) is 12.3 Å². The van der Waals surface area contributed by atoms with Crippen LogP contribution in [0, 0.1) is 0 Å². The van der Waals surface area contributed by atoms with E-state index in [9.17, 15) is 4.79 Å².